The predicted octanol–water partition coefficient (Wildman–Crippen LogP) is 6.23. The van der Waals surface area contributed by atoms with Crippen LogP contribution < -0.4 is 20.2 Å². The summed E-state index contributed by atoms with van der Waals surface area (Å²) in [4.78, 5) is 37.4. The van der Waals surface area contributed by atoms with Crippen molar-refractivity contribution < 1.29 is 9.21 Å². The second kappa shape index (κ2) is 11.1. The minimum atomic E-state index is -0.630. The molecular weight excluding hydrogens is 585 g/mol. The van der Waals surface area contributed by atoms with Crippen molar-refractivity contribution in [1.29, 1.82) is 0 Å². The first-order chi connectivity index (χ1) is 20.5. The van der Waals surface area contributed by atoms with E-state index in [-0.39, 0.29) is 11.5 Å². The lowest BCUT2D eigenvalue weighted by Gasteiger charge is -2.25. The first kappa shape index (κ1) is 26.4. The highest BCUT2D eigenvalue weighted by Gasteiger charge is 2.32. The third-order valence-corrected chi connectivity index (χ3v) is 9.75. The fourth-order valence-electron chi connectivity index (χ4n) is 4.86. The van der Waals surface area contributed by atoms with E-state index in [4.69, 9.17) is 9.41 Å². The van der Waals surface area contributed by atoms with Crippen molar-refractivity contribution in [3.63, 3.8) is 0 Å². The maximum absolute atomic E-state index is 13.9. The molecular formula is C32H22N4O3S3. The van der Waals surface area contributed by atoms with Crippen molar-refractivity contribution >= 4 is 62.3 Å². The van der Waals surface area contributed by atoms with Crippen molar-refractivity contribution in [2.24, 2.45) is 4.99 Å². The molecule has 10 heteroatoms. The third kappa shape index (κ3) is 5.04. The number of thiazole rings is 2. The van der Waals surface area contributed by atoms with E-state index in [0.29, 0.717) is 37.1 Å². The lowest BCUT2D eigenvalue weighted by Crippen LogP contribution is -2.40. The smallest absolute Gasteiger partial charge is 0.271 e. The quantitative estimate of drug-likeness (QED) is 0.243. The summed E-state index contributed by atoms with van der Waals surface area (Å²) in [5, 5.41) is 3.66. The van der Waals surface area contributed by atoms with Crippen LogP contribution in [0.2, 0.25) is 0 Å². The lowest BCUT2D eigenvalue weighted by atomic mass is 9.95. The highest BCUT2D eigenvalue weighted by atomic mass is 32.2. The van der Waals surface area contributed by atoms with Gasteiger partial charge in [0.05, 0.1) is 32.1 Å². The number of allylic oxidation sites excluding steroid dienone is 1. The Labute approximate surface area is 252 Å². The van der Waals surface area contributed by atoms with E-state index >= 15 is 0 Å². The summed E-state index contributed by atoms with van der Waals surface area (Å²) in [5.74, 6) is 0.256. The number of nitrogens with one attached hydrogen (secondary N) is 1. The zero-order chi connectivity index (χ0) is 28.6. The number of amides is 1. The molecule has 0 spiro atoms. The number of furan rings is 1. The molecule has 0 radical (unpaired) electrons. The standard InChI is InChI=1S/C32H22N4O3S3/c1-19-27(29(37)34-21-12-6-3-7-13-21)28(20-10-4-2-5-11-20)36-30(38)25(40-31(36)33-19)18-22-16-17-26(39-22)42-32-35-23-14-8-9-15-24(23)41-32/h2-18,28H,1H3,(H,34,37)/b25-18-/t28-/m0/s1. The topological polar surface area (TPSA) is 89.5 Å². The number of aromatic nitrogens is 2. The van der Waals surface area contributed by atoms with Gasteiger partial charge in [0.2, 0.25) is 0 Å². The van der Waals surface area contributed by atoms with Crippen molar-refractivity contribution in [3.8, 4) is 0 Å². The molecule has 4 heterocycles. The Balaban J connectivity index is 1.25. The van der Waals surface area contributed by atoms with Crippen LogP contribution in [-0.2, 0) is 4.79 Å². The Bertz CT molecular complexity index is 2130. The fraction of sp³-hybridized carbons (Fsp3) is 0.0625. The Hall–Kier alpha value is -4.51. The second-order valence-corrected chi connectivity index (χ2v) is 12.8. The number of nitrogens with zero attached hydrogens (tertiary/aromatic N) is 3. The second-order valence-electron chi connectivity index (χ2n) is 9.52. The van der Waals surface area contributed by atoms with Crippen LogP contribution in [0.1, 0.15) is 24.3 Å². The molecule has 6 aromatic rings. The average Bonchev–Trinajstić information content (AvgIpc) is 3.70. The molecule has 1 aliphatic heterocycles. The third-order valence-electron chi connectivity index (χ3n) is 6.75. The van der Waals surface area contributed by atoms with Crippen molar-refractivity contribution in [1.82, 2.24) is 9.55 Å². The Morgan fingerprint density at radius 2 is 1.69 bits per heavy atom. The summed E-state index contributed by atoms with van der Waals surface area (Å²) in [6, 6.07) is 29.9. The van der Waals surface area contributed by atoms with Gasteiger partial charge in [-0.05, 0) is 60.6 Å². The van der Waals surface area contributed by atoms with Gasteiger partial charge < -0.3 is 9.73 Å². The zero-order valence-corrected chi connectivity index (χ0v) is 24.6. The Morgan fingerprint density at radius 3 is 2.48 bits per heavy atom. The molecule has 7 nitrogen and oxygen atoms in total. The SMILES string of the molecule is CC1=C(C(=O)Nc2ccccc2)[C@H](c2ccccc2)n2c(s/c(=C\c3ccc(Sc4nc5ccccc5s4)o3)c2=O)=N1. The Morgan fingerprint density at radius 1 is 0.952 bits per heavy atom. The van der Waals surface area contributed by atoms with Crippen LogP contribution >= 0.6 is 34.4 Å². The van der Waals surface area contributed by atoms with Gasteiger partial charge in [-0.1, -0.05) is 72.0 Å². The van der Waals surface area contributed by atoms with E-state index in [1.807, 2.05) is 104 Å². The molecule has 0 aliphatic carbocycles. The maximum Gasteiger partial charge on any atom is 0.271 e. The van der Waals surface area contributed by atoms with Gasteiger partial charge in [0, 0.05) is 11.8 Å². The van der Waals surface area contributed by atoms with E-state index < -0.39 is 6.04 Å². The van der Waals surface area contributed by atoms with E-state index in [1.54, 1.807) is 22.0 Å². The molecule has 0 saturated heterocycles. The molecule has 206 valence electrons. The first-order valence-corrected chi connectivity index (χ1v) is 15.6. The number of anilines is 1. The van der Waals surface area contributed by atoms with Crippen LogP contribution in [0.5, 0.6) is 0 Å². The highest BCUT2D eigenvalue weighted by Crippen LogP contribution is 2.35. The van der Waals surface area contributed by atoms with Gasteiger partial charge in [0.25, 0.3) is 11.5 Å². The number of hydrogen-bond acceptors (Lipinski definition) is 8. The largest absolute Gasteiger partial charge is 0.450 e. The molecule has 1 N–H and O–H groups in total. The van der Waals surface area contributed by atoms with E-state index in [1.165, 1.54) is 23.1 Å². The minimum absolute atomic E-state index is 0.234. The number of para-hydroxylation sites is 2. The zero-order valence-electron chi connectivity index (χ0n) is 22.2. The van der Waals surface area contributed by atoms with E-state index in [2.05, 4.69) is 10.3 Å². The number of rotatable bonds is 6. The normalized spacial score (nSPS) is 15.1. The average molecular weight is 607 g/mol. The van der Waals surface area contributed by atoms with Crippen LogP contribution in [0.3, 0.4) is 0 Å². The molecule has 7 rings (SSSR count). The van der Waals surface area contributed by atoms with Crippen LogP contribution in [0.4, 0.5) is 5.69 Å². The predicted molar refractivity (Wildman–Crippen MR) is 168 cm³/mol. The highest BCUT2D eigenvalue weighted by molar-refractivity contribution is 8.01. The number of benzene rings is 3. The molecule has 0 saturated carbocycles. The number of carbonyl (C=O) groups is 1. The number of carbonyl (C=O) groups excluding carboxylic acids is 1. The fourth-order valence-corrected chi connectivity index (χ4v) is 7.86. The summed E-state index contributed by atoms with van der Waals surface area (Å²) in [6.07, 6.45) is 1.73. The summed E-state index contributed by atoms with van der Waals surface area (Å²) >= 11 is 4.34. The molecule has 1 amide bonds. The summed E-state index contributed by atoms with van der Waals surface area (Å²) in [5.41, 5.74) is 3.21. The van der Waals surface area contributed by atoms with Crippen molar-refractivity contribution in [2.45, 2.75) is 22.4 Å². The summed E-state index contributed by atoms with van der Waals surface area (Å²) in [6.45, 7) is 1.81. The monoisotopic (exact) mass is 606 g/mol. The maximum atomic E-state index is 13.9. The van der Waals surface area contributed by atoms with Gasteiger partial charge in [0.1, 0.15) is 5.76 Å². The van der Waals surface area contributed by atoms with Crippen molar-refractivity contribution in [2.75, 3.05) is 5.32 Å². The molecule has 0 fully saturated rings. The molecule has 3 aromatic carbocycles. The Kier molecular flexibility index (Phi) is 6.94. The molecule has 3 aromatic heterocycles. The molecule has 1 atom stereocenters. The lowest BCUT2D eigenvalue weighted by molar-refractivity contribution is -0.113. The van der Waals surface area contributed by atoms with Crippen LogP contribution in [0, 0.1) is 0 Å². The minimum Gasteiger partial charge on any atom is -0.450 e. The van der Waals surface area contributed by atoms with Gasteiger partial charge in [-0.15, -0.1) is 11.3 Å². The molecule has 1 aliphatic rings. The summed E-state index contributed by atoms with van der Waals surface area (Å²) < 4.78 is 10.1. The van der Waals surface area contributed by atoms with Gasteiger partial charge in [-0.25, -0.2) is 9.98 Å². The van der Waals surface area contributed by atoms with E-state index in [9.17, 15) is 9.59 Å². The van der Waals surface area contributed by atoms with Gasteiger partial charge in [0.15, 0.2) is 14.2 Å². The summed E-state index contributed by atoms with van der Waals surface area (Å²) in [7, 11) is 0. The van der Waals surface area contributed by atoms with Crippen molar-refractivity contribution in [3.05, 3.63) is 139 Å². The van der Waals surface area contributed by atoms with Gasteiger partial charge >= 0.3 is 0 Å². The molecule has 0 unspecified atom stereocenters. The van der Waals surface area contributed by atoms with Crippen LogP contribution in [0.15, 0.2) is 132 Å². The molecule has 42 heavy (non-hydrogen) atoms. The first-order valence-electron chi connectivity index (χ1n) is 13.1. The van der Waals surface area contributed by atoms with Gasteiger partial charge in [-0.3, -0.25) is 14.2 Å². The number of fused-ring (bicyclic) bond motifs is 2. The van der Waals surface area contributed by atoms with E-state index in [0.717, 1.165) is 20.1 Å². The van der Waals surface area contributed by atoms with Gasteiger partial charge in [-0.2, -0.15) is 0 Å². The molecule has 0 bridgehead atoms. The van der Waals surface area contributed by atoms with Crippen LogP contribution in [-0.4, -0.2) is 15.5 Å². The number of hydrogen-bond donors (Lipinski definition) is 1. The van der Waals surface area contributed by atoms with Crippen LogP contribution in [0.25, 0.3) is 16.3 Å².